The highest BCUT2D eigenvalue weighted by molar-refractivity contribution is 5.14. The molecule has 2 heterocycles. The van der Waals surface area contributed by atoms with Gasteiger partial charge in [0.25, 0.3) is 0 Å². The minimum Gasteiger partial charge on any atom is -0.326 e. The van der Waals surface area contributed by atoms with Crippen LogP contribution in [0.2, 0.25) is 0 Å². The maximum absolute atomic E-state index is 6.42. The van der Waals surface area contributed by atoms with Crippen molar-refractivity contribution in [2.24, 2.45) is 12.8 Å². The van der Waals surface area contributed by atoms with Gasteiger partial charge in [-0.05, 0) is 39.9 Å². The molecule has 1 aliphatic heterocycles. The predicted molar refractivity (Wildman–Crippen MR) is 82.5 cm³/mol. The van der Waals surface area contributed by atoms with E-state index in [1.54, 1.807) is 0 Å². The number of likely N-dealkylation sites (N-methyl/N-ethyl adjacent to an activating group) is 1. The van der Waals surface area contributed by atoms with E-state index in [0.717, 1.165) is 19.5 Å². The number of likely N-dealkylation sites (tertiary alicyclic amines) is 1. The van der Waals surface area contributed by atoms with Crippen molar-refractivity contribution in [3.63, 3.8) is 0 Å². The van der Waals surface area contributed by atoms with Gasteiger partial charge in [-0.1, -0.05) is 6.92 Å². The van der Waals surface area contributed by atoms with Crippen LogP contribution in [0.25, 0.3) is 0 Å². The van der Waals surface area contributed by atoms with Gasteiger partial charge in [-0.15, -0.1) is 0 Å². The van der Waals surface area contributed by atoms with Gasteiger partial charge in [-0.2, -0.15) is 5.10 Å². The molecule has 2 N–H and O–H groups in total. The molecule has 1 saturated heterocycles. The summed E-state index contributed by atoms with van der Waals surface area (Å²) >= 11 is 0. The van der Waals surface area contributed by atoms with Gasteiger partial charge in [-0.3, -0.25) is 9.58 Å². The molecule has 0 aromatic carbocycles. The molecule has 0 spiro atoms. The van der Waals surface area contributed by atoms with E-state index in [2.05, 4.69) is 42.1 Å². The number of aromatic nitrogens is 2. The van der Waals surface area contributed by atoms with Gasteiger partial charge in [0, 0.05) is 37.4 Å². The molecule has 0 amide bonds. The third-order valence-corrected chi connectivity index (χ3v) is 4.49. The SMILES string of the molecule is CCC(N)C(c1cnn(C)c1)N1CCCC(N(C)C)C1. The summed E-state index contributed by atoms with van der Waals surface area (Å²) in [5.74, 6) is 0. The number of hydrogen-bond acceptors (Lipinski definition) is 4. The van der Waals surface area contributed by atoms with E-state index >= 15 is 0 Å². The third-order valence-electron chi connectivity index (χ3n) is 4.49. The number of rotatable bonds is 5. The van der Waals surface area contributed by atoms with Gasteiger partial charge in [0.15, 0.2) is 0 Å². The Morgan fingerprint density at radius 2 is 2.25 bits per heavy atom. The molecule has 2 rings (SSSR count). The highest BCUT2D eigenvalue weighted by Crippen LogP contribution is 2.28. The molecule has 0 radical (unpaired) electrons. The molecule has 20 heavy (non-hydrogen) atoms. The Morgan fingerprint density at radius 3 is 2.80 bits per heavy atom. The summed E-state index contributed by atoms with van der Waals surface area (Å²) in [6.45, 7) is 4.40. The topological polar surface area (TPSA) is 50.3 Å². The van der Waals surface area contributed by atoms with Crippen molar-refractivity contribution in [2.45, 2.75) is 44.3 Å². The van der Waals surface area contributed by atoms with Crippen LogP contribution in [-0.4, -0.2) is 58.8 Å². The standard InChI is InChI=1S/C15H29N5/c1-5-14(16)15(12-9-17-19(4)10-12)20-8-6-7-13(11-20)18(2)3/h9-10,13-15H,5-8,11,16H2,1-4H3. The largest absolute Gasteiger partial charge is 0.326 e. The van der Waals surface area contributed by atoms with Crippen LogP contribution in [0.5, 0.6) is 0 Å². The second-order valence-corrected chi connectivity index (χ2v) is 6.22. The van der Waals surface area contributed by atoms with E-state index in [0.29, 0.717) is 6.04 Å². The number of hydrogen-bond donors (Lipinski definition) is 1. The molecule has 5 nitrogen and oxygen atoms in total. The minimum absolute atomic E-state index is 0.167. The second-order valence-electron chi connectivity index (χ2n) is 6.22. The van der Waals surface area contributed by atoms with Crippen molar-refractivity contribution in [1.82, 2.24) is 19.6 Å². The van der Waals surface area contributed by atoms with Crippen LogP contribution in [0.1, 0.15) is 37.8 Å². The van der Waals surface area contributed by atoms with Crippen molar-refractivity contribution >= 4 is 0 Å². The van der Waals surface area contributed by atoms with Crippen molar-refractivity contribution in [1.29, 1.82) is 0 Å². The lowest BCUT2D eigenvalue weighted by molar-refractivity contribution is 0.0832. The van der Waals surface area contributed by atoms with Crippen LogP contribution in [0.4, 0.5) is 0 Å². The fourth-order valence-corrected chi connectivity index (χ4v) is 3.20. The molecular formula is C15H29N5. The molecule has 1 aromatic rings. The molecule has 0 aliphatic carbocycles. The fourth-order valence-electron chi connectivity index (χ4n) is 3.20. The Balaban J connectivity index is 2.18. The summed E-state index contributed by atoms with van der Waals surface area (Å²) in [5.41, 5.74) is 7.67. The van der Waals surface area contributed by atoms with Crippen molar-refractivity contribution in [3.8, 4) is 0 Å². The van der Waals surface area contributed by atoms with Gasteiger partial charge in [-0.25, -0.2) is 0 Å². The molecule has 3 atom stereocenters. The minimum atomic E-state index is 0.167. The summed E-state index contributed by atoms with van der Waals surface area (Å²) < 4.78 is 1.87. The maximum atomic E-state index is 6.42. The number of nitrogens with two attached hydrogens (primary N) is 1. The fraction of sp³-hybridized carbons (Fsp3) is 0.800. The first kappa shape index (κ1) is 15.5. The lowest BCUT2D eigenvalue weighted by atomic mass is 9.95. The first-order valence-corrected chi connectivity index (χ1v) is 7.67. The van der Waals surface area contributed by atoms with E-state index in [1.165, 1.54) is 18.4 Å². The van der Waals surface area contributed by atoms with E-state index < -0.39 is 0 Å². The first-order chi connectivity index (χ1) is 9.52. The van der Waals surface area contributed by atoms with E-state index in [1.807, 2.05) is 17.9 Å². The van der Waals surface area contributed by atoms with E-state index in [9.17, 15) is 0 Å². The third kappa shape index (κ3) is 3.40. The summed E-state index contributed by atoms with van der Waals surface area (Å²) in [5, 5.41) is 4.33. The summed E-state index contributed by atoms with van der Waals surface area (Å²) in [4.78, 5) is 4.89. The molecule has 1 aliphatic rings. The molecule has 0 bridgehead atoms. The van der Waals surface area contributed by atoms with Gasteiger partial charge >= 0.3 is 0 Å². The van der Waals surface area contributed by atoms with Crippen LogP contribution in [0.15, 0.2) is 12.4 Å². The van der Waals surface area contributed by atoms with Gasteiger partial charge < -0.3 is 10.6 Å². The predicted octanol–water partition coefficient (Wildman–Crippen LogP) is 1.22. The lowest BCUT2D eigenvalue weighted by Gasteiger charge is -2.42. The summed E-state index contributed by atoms with van der Waals surface area (Å²) in [6, 6.07) is 1.09. The Morgan fingerprint density at radius 1 is 1.50 bits per heavy atom. The zero-order valence-corrected chi connectivity index (χ0v) is 13.3. The average molecular weight is 279 g/mol. The molecule has 5 heteroatoms. The van der Waals surface area contributed by atoms with Gasteiger partial charge in [0.05, 0.1) is 12.2 Å². The summed E-state index contributed by atoms with van der Waals surface area (Å²) in [6.07, 6.45) is 7.60. The molecular weight excluding hydrogens is 250 g/mol. The maximum Gasteiger partial charge on any atom is 0.0538 e. The van der Waals surface area contributed by atoms with Crippen molar-refractivity contribution in [3.05, 3.63) is 18.0 Å². The molecule has 3 unspecified atom stereocenters. The van der Waals surface area contributed by atoms with Crippen molar-refractivity contribution < 1.29 is 0 Å². The quantitative estimate of drug-likeness (QED) is 0.880. The average Bonchev–Trinajstić information content (AvgIpc) is 2.85. The number of piperidine rings is 1. The normalized spacial score (nSPS) is 24.0. The molecule has 114 valence electrons. The van der Waals surface area contributed by atoms with Crippen LogP contribution in [0, 0.1) is 0 Å². The first-order valence-electron chi connectivity index (χ1n) is 7.67. The zero-order valence-electron chi connectivity index (χ0n) is 13.3. The molecule has 1 aromatic heterocycles. The van der Waals surface area contributed by atoms with Crippen molar-refractivity contribution in [2.75, 3.05) is 27.2 Å². The van der Waals surface area contributed by atoms with E-state index in [-0.39, 0.29) is 12.1 Å². The smallest absolute Gasteiger partial charge is 0.0538 e. The summed E-state index contributed by atoms with van der Waals surface area (Å²) in [7, 11) is 6.32. The van der Waals surface area contributed by atoms with Crippen LogP contribution >= 0.6 is 0 Å². The van der Waals surface area contributed by atoms with Crippen LogP contribution in [-0.2, 0) is 7.05 Å². The monoisotopic (exact) mass is 279 g/mol. The highest BCUT2D eigenvalue weighted by Gasteiger charge is 2.31. The molecule has 1 fully saturated rings. The van der Waals surface area contributed by atoms with Crippen LogP contribution < -0.4 is 5.73 Å². The highest BCUT2D eigenvalue weighted by atomic mass is 15.3. The lowest BCUT2D eigenvalue weighted by Crippen LogP contribution is -2.50. The number of nitrogens with zero attached hydrogens (tertiary/aromatic N) is 4. The Labute approximate surface area is 122 Å². The van der Waals surface area contributed by atoms with Gasteiger partial charge in [0.2, 0.25) is 0 Å². The second kappa shape index (κ2) is 6.70. The Hall–Kier alpha value is -0.910. The molecule has 0 saturated carbocycles. The zero-order chi connectivity index (χ0) is 14.7. The number of aryl methyl sites for hydroxylation is 1. The van der Waals surface area contributed by atoms with E-state index in [4.69, 9.17) is 5.73 Å². The van der Waals surface area contributed by atoms with Crippen LogP contribution in [0.3, 0.4) is 0 Å². The Bertz CT molecular complexity index is 414. The van der Waals surface area contributed by atoms with Gasteiger partial charge in [0.1, 0.15) is 0 Å². The Kier molecular flexibility index (Phi) is 5.18.